The third kappa shape index (κ3) is 4.77. The van der Waals surface area contributed by atoms with E-state index in [-0.39, 0.29) is 23.2 Å². The summed E-state index contributed by atoms with van der Waals surface area (Å²) in [5.41, 5.74) is 1.26. The third-order valence-electron chi connectivity index (χ3n) is 7.52. The van der Waals surface area contributed by atoms with Gasteiger partial charge in [-0.25, -0.2) is 0 Å². The van der Waals surface area contributed by atoms with Crippen molar-refractivity contribution >= 4 is 11.6 Å². The van der Waals surface area contributed by atoms with Crippen LogP contribution in [0.15, 0.2) is 53.5 Å². The maximum absolute atomic E-state index is 13.8. The number of alkyl halides is 3. The summed E-state index contributed by atoms with van der Waals surface area (Å²) in [5.74, 6) is 0.865. The summed E-state index contributed by atoms with van der Waals surface area (Å²) in [6.07, 6.45) is -0.406. The average Bonchev–Trinajstić information content (AvgIpc) is 3.06. The second kappa shape index (κ2) is 9.20. The van der Waals surface area contributed by atoms with E-state index >= 15 is 0 Å². The van der Waals surface area contributed by atoms with E-state index in [1.54, 1.807) is 6.07 Å². The molecule has 182 valence electrons. The number of hydrogen-bond acceptors (Lipinski definition) is 2. The van der Waals surface area contributed by atoms with Crippen LogP contribution < -0.4 is 0 Å². The largest absolute Gasteiger partial charge is 0.416 e. The molecule has 1 aliphatic heterocycles. The van der Waals surface area contributed by atoms with E-state index in [0.29, 0.717) is 18.3 Å². The molecule has 3 nitrogen and oxygen atoms in total. The van der Waals surface area contributed by atoms with E-state index in [1.807, 2.05) is 18.7 Å². The summed E-state index contributed by atoms with van der Waals surface area (Å²) in [4.78, 5) is 20.6. The minimum atomic E-state index is -4.47. The highest BCUT2D eigenvalue weighted by Gasteiger charge is 2.51. The lowest BCUT2D eigenvalue weighted by atomic mass is 9.76. The van der Waals surface area contributed by atoms with Crippen molar-refractivity contribution in [1.82, 2.24) is 4.90 Å². The van der Waals surface area contributed by atoms with Crippen molar-refractivity contribution in [2.45, 2.75) is 77.7 Å². The van der Waals surface area contributed by atoms with Crippen molar-refractivity contribution in [3.63, 3.8) is 0 Å². The Morgan fingerprint density at radius 1 is 1.06 bits per heavy atom. The fourth-order valence-corrected chi connectivity index (χ4v) is 5.53. The number of rotatable bonds is 5. The molecule has 1 aliphatic carbocycles. The lowest BCUT2D eigenvalue weighted by Gasteiger charge is -2.45. The van der Waals surface area contributed by atoms with Crippen LogP contribution >= 0.6 is 0 Å². The van der Waals surface area contributed by atoms with Crippen molar-refractivity contribution in [2.75, 3.05) is 0 Å². The molecule has 4 rings (SSSR count). The SMILES string of the molecule is Cc1ccc(CC(C)N2C(=O)C(c3cccc(C(F)(F)F)c3)=NC23CCC(C(C)C)CC3)cc1. The Bertz CT molecular complexity index is 1060. The van der Waals surface area contributed by atoms with Crippen LogP contribution in [0.3, 0.4) is 0 Å². The molecule has 1 spiro atoms. The highest BCUT2D eigenvalue weighted by Crippen LogP contribution is 2.45. The molecule has 0 bridgehead atoms. The van der Waals surface area contributed by atoms with Crippen molar-refractivity contribution in [3.05, 3.63) is 70.8 Å². The van der Waals surface area contributed by atoms with E-state index < -0.39 is 17.4 Å². The second-order valence-electron chi connectivity index (χ2n) is 10.3. The number of benzene rings is 2. The molecule has 0 N–H and O–H groups in total. The maximum Gasteiger partial charge on any atom is 0.416 e. The number of carbonyl (C=O) groups is 1. The zero-order chi connectivity index (χ0) is 24.7. The van der Waals surface area contributed by atoms with Gasteiger partial charge in [-0.1, -0.05) is 55.8 Å². The first kappa shape index (κ1) is 24.5. The molecular formula is C28H33F3N2O. The zero-order valence-electron chi connectivity index (χ0n) is 20.3. The summed E-state index contributed by atoms with van der Waals surface area (Å²) >= 11 is 0. The van der Waals surface area contributed by atoms with Crippen molar-refractivity contribution in [2.24, 2.45) is 16.8 Å². The number of aryl methyl sites for hydroxylation is 1. The van der Waals surface area contributed by atoms with E-state index in [2.05, 4.69) is 38.1 Å². The highest BCUT2D eigenvalue weighted by molar-refractivity contribution is 6.46. The monoisotopic (exact) mass is 470 g/mol. The molecular weight excluding hydrogens is 437 g/mol. The maximum atomic E-state index is 13.8. The van der Waals surface area contributed by atoms with Gasteiger partial charge < -0.3 is 4.90 Å². The fraction of sp³-hybridized carbons (Fsp3) is 0.500. The zero-order valence-corrected chi connectivity index (χ0v) is 20.3. The van der Waals surface area contributed by atoms with Gasteiger partial charge in [0.1, 0.15) is 11.4 Å². The van der Waals surface area contributed by atoms with Gasteiger partial charge in [-0.05, 0) is 75.5 Å². The second-order valence-corrected chi connectivity index (χ2v) is 10.3. The Balaban J connectivity index is 1.69. The number of halogens is 3. The van der Waals surface area contributed by atoms with E-state index in [4.69, 9.17) is 4.99 Å². The van der Waals surface area contributed by atoms with Crippen LogP contribution in [0.4, 0.5) is 13.2 Å². The molecule has 6 heteroatoms. The predicted molar refractivity (Wildman–Crippen MR) is 129 cm³/mol. The van der Waals surface area contributed by atoms with Gasteiger partial charge in [0.15, 0.2) is 0 Å². The minimum Gasteiger partial charge on any atom is -0.309 e. The predicted octanol–water partition coefficient (Wildman–Crippen LogP) is 6.82. The van der Waals surface area contributed by atoms with Gasteiger partial charge in [0.05, 0.1) is 5.56 Å². The first-order valence-electron chi connectivity index (χ1n) is 12.2. The molecule has 2 aliphatic rings. The summed E-state index contributed by atoms with van der Waals surface area (Å²) in [7, 11) is 0. The fourth-order valence-electron chi connectivity index (χ4n) is 5.53. The molecule has 34 heavy (non-hydrogen) atoms. The number of hydrogen-bond donors (Lipinski definition) is 0. The third-order valence-corrected chi connectivity index (χ3v) is 7.52. The molecule has 0 saturated heterocycles. The van der Waals surface area contributed by atoms with Crippen molar-refractivity contribution in [1.29, 1.82) is 0 Å². The molecule has 2 aromatic rings. The van der Waals surface area contributed by atoms with E-state index in [9.17, 15) is 18.0 Å². The van der Waals surface area contributed by atoms with Gasteiger partial charge in [0, 0.05) is 11.6 Å². The van der Waals surface area contributed by atoms with E-state index in [0.717, 1.165) is 43.4 Å². The number of aliphatic imine (C=N–C) groups is 1. The first-order chi connectivity index (χ1) is 16.0. The topological polar surface area (TPSA) is 32.7 Å². The smallest absolute Gasteiger partial charge is 0.309 e. The summed E-state index contributed by atoms with van der Waals surface area (Å²) < 4.78 is 40.1. The van der Waals surface area contributed by atoms with E-state index in [1.165, 1.54) is 11.6 Å². The van der Waals surface area contributed by atoms with Crippen molar-refractivity contribution in [3.8, 4) is 0 Å². The number of nitrogens with zero attached hydrogens (tertiary/aromatic N) is 2. The van der Waals surface area contributed by atoms with Crippen LogP contribution in [0, 0.1) is 18.8 Å². The van der Waals surface area contributed by atoms with Crippen LogP contribution in [0.2, 0.25) is 0 Å². The van der Waals surface area contributed by atoms with Crippen LogP contribution in [0.25, 0.3) is 0 Å². The molecule has 1 heterocycles. The summed E-state index contributed by atoms with van der Waals surface area (Å²) in [5, 5.41) is 0. The Hall–Kier alpha value is -2.63. The van der Waals surface area contributed by atoms with Gasteiger partial charge in [0.25, 0.3) is 5.91 Å². The highest BCUT2D eigenvalue weighted by atomic mass is 19.4. The molecule has 0 aromatic heterocycles. The standard InChI is InChI=1S/C28H33F3N2O/c1-18(2)22-12-14-27(15-13-22)32-25(23-6-5-7-24(17-23)28(29,30)31)26(34)33(27)20(4)16-21-10-8-19(3)9-11-21/h5-11,17-18,20,22H,12-16H2,1-4H3. The minimum absolute atomic E-state index is 0.127. The summed E-state index contributed by atoms with van der Waals surface area (Å²) in [6.45, 7) is 8.50. The van der Waals surface area contributed by atoms with Crippen LogP contribution in [-0.2, 0) is 17.4 Å². The number of carbonyl (C=O) groups excluding carboxylic acids is 1. The summed E-state index contributed by atoms with van der Waals surface area (Å²) in [6, 6.07) is 13.1. The molecule has 0 radical (unpaired) electrons. The molecule has 1 saturated carbocycles. The lowest BCUT2D eigenvalue weighted by Crippen LogP contribution is -2.54. The Morgan fingerprint density at radius 3 is 2.29 bits per heavy atom. The lowest BCUT2D eigenvalue weighted by molar-refractivity contribution is -0.137. The van der Waals surface area contributed by atoms with Gasteiger partial charge in [0.2, 0.25) is 0 Å². The molecule has 1 amide bonds. The van der Waals surface area contributed by atoms with Crippen molar-refractivity contribution < 1.29 is 18.0 Å². The average molecular weight is 471 g/mol. The van der Waals surface area contributed by atoms with Gasteiger partial charge in [-0.3, -0.25) is 9.79 Å². The van der Waals surface area contributed by atoms with Crippen LogP contribution in [0.5, 0.6) is 0 Å². The first-order valence-corrected chi connectivity index (χ1v) is 12.2. The quantitative estimate of drug-likeness (QED) is 0.472. The molecule has 1 fully saturated rings. The molecule has 2 aromatic carbocycles. The normalized spacial score (nSPS) is 24.1. The number of amides is 1. The molecule has 1 unspecified atom stereocenters. The van der Waals surface area contributed by atoms with Gasteiger partial charge in [-0.15, -0.1) is 0 Å². The van der Waals surface area contributed by atoms with Gasteiger partial charge in [-0.2, -0.15) is 13.2 Å². The Labute approximate surface area is 200 Å². The van der Waals surface area contributed by atoms with Crippen LogP contribution in [0.1, 0.15) is 68.7 Å². The van der Waals surface area contributed by atoms with Gasteiger partial charge >= 0.3 is 6.18 Å². The Kier molecular flexibility index (Phi) is 6.63. The Morgan fingerprint density at radius 2 is 1.71 bits per heavy atom. The molecule has 1 atom stereocenters. The van der Waals surface area contributed by atoms with Crippen LogP contribution in [-0.4, -0.2) is 28.2 Å².